The largest absolute Gasteiger partial charge is 0.465 e. The Morgan fingerprint density at radius 3 is 2.51 bits per heavy atom. The summed E-state index contributed by atoms with van der Waals surface area (Å²) < 4.78 is 5.88. The SMILES string of the molecule is CCN(CC)Cc1ccc(NC(=C2C(=O)Nc3cc(C(=O)OC)ccc32)c2ccc3ncsc3c2)cc1. The fourth-order valence-electron chi connectivity index (χ4n) is 4.50. The van der Waals surface area contributed by atoms with Gasteiger partial charge in [-0.1, -0.05) is 38.1 Å². The molecule has 1 amide bonds. The number of nitrogens with zero attached hydrogens (tertiary/aromatic N) is 2. The molecule has 2 heterocycles. The highest BCUT2D eigenvalue weighted by Crippen LogP contribution is 2.39. The van der Waals surface area contributed by atoms with Crippen molar-refractivity contribution in [1.29, 1.82) is 0 Å². The molecule has 37 heavy (non-hydrogen) atoms. The number of hydrogen-bond donors (Lipinski definition) is 2. The van der Waals surface area contributed by atoms with Crippen LogP contribution in [0.5, 0.6) is 0 Å². The van der Waals surface area contributed by atoms with Crippen molar-refractivity contribution in [1.82, 2.24) is 9.88 Å². The molecule has 4 aromatic rings. The molecule has 0 spiro atoms. The van der Waals surface area contributed by atoms with Crippen LogP contribution >= 0.6 is 11.3 Å². The number of nitrogens with one attached hydrogen (secondary N) is 2. The van der Waals surface area contributed by atoms with E-state index in [0.29, 0.717) is 22.5 Å². The van der Waals surface area contributed by atoms with Gasteiger partial charge in [-0.2, -0.15) is 0 Å². The fraction of sp³-hybridized carbons (Fsp3) is 0.207. The van der Waals surface area contributed by atoms with E-state index >= 15 is 0 Å². The predicted molar refractivity (Wildman–Crippen MR) is 150 cm³/mol. The molecule has 1 aliphatic rings. The van der Waals surface area contributed by atoms with E-state index in [1.54, 1.807) is 29.5 Å². The standard InChI is InChI=1S/C29H28N4O3S/c1-4-33(5-2)16-18-6-10-21(11-7-18)31-27(19-9-13-23-25(15-19)37-17-30-23)26-22-12-8-20(29(35)36-3)14-24(22)32-28(26)34/h6-15,17,31H,4-5,16H2,1-3H3,(H,32,34). The summed E-state index contributed by atoms with van der Waals surface area (Å²) in [6.45, 7) is 7.21. The molecule has 0 radical (unpaired) electrons. The number of esters is 1. The first kappa shape index (κ1) is 24.7. The summed E-state index contributed by atoms with van der Waals surface area (Å²) in [6.07, 6.45) is 0. The van der Waals surface area contributed by atoms with E-state index in [4.69, 9.17) is 4.74 Å². The Kier molecular flexibility index (Phi) is 7.03. The topological polar surface area (TPSA) is 83.6 Å². The summed E-state index contributed by atoms with van der Waals surface area (Å²) in [4.78, 5) is 32.1. The summed E-state index contributed by atoms with van der Waals surface area (Å²) in [5.74, 6) is -0.685. The molecule has 1 aromatic heterocycles. The van der Waals surface area contributed by atoms with Crippen LogP contribution in [-0.2, 0) is 16.1 Å². The van der Waals surface area contributed by atoms with Crippen molar-refractivity contribution >= 4 is 56.1 Å². The molecule has 0 aliphatic carbocycles. The van der Waals surface area contributed by atoms with Crippen molar-refractivity contribution in [3.63, 3.8) is 0 Å². The Hall–Kier alpha value is -4.01. The Labute approximate surface area is 219 Å². The molecule has 0 bridgehead atoms. The number of hydrogen-bond acceptors (Lipinski definition) is 7. The lowest BCUT2D eigenvalue weighted by Crippen LogP contribution is -2.22. The average molecular weight is 513 g/mol. The van der Waals surface area contributed by atoms with Crippen LogP contribution < -0.4 is 10.6 Å². The molecule has 5 rings (SSSR count). The van der Waals surface area contributed by atoms with Gasteiger partial charge in [-0.3, -0.25) is 9.69 Å². The third kappa shape index (κ3) is 4.98. The Morgan fingerprint density at radius 1 is 1.03 bits per heavy atom. The zero-order valence-electron chi connectivity index (χ0n) is 21.0. The van der Waals surface area contributed by atoms with Gasteiger partial charge in [0, 0.05) is 23.4 Å². The highest BCUT2D eigenvalue weighted by molar-refractivity contribution is 7.16. The normalized spacial score (nSPS) is 14.0. The number of benzene rings is 3. The molecule has 1 aliphatic heterocycles. The summed E-state index contributed by atoms with van der Waals surface area (Å²) in [5, 5.41) is 6.44. The number of amides is 1. The van der Waals surface area contributed by atoms with E-state index in [0.717, 1.165) is 46.7 Å². The highest BCUT2D eigenvalue weighted by atomic mass is 32.1. The molecular weight excluding hydrogens is 484 g/mol. The minimum atomic E-state index is -0.451. The second-order valence-corrected chi connectivity index (χ2v) is 9.66. The number of aromatic nitrogens is 1. The molecule has 0 saturated heterocycles. The number of ether oxygens (including phenoxy) is 1. The van der Waals surface area contributed by atoms with Crippen LogP contribution in [0.25, 0.3) is 21.5 Å². The van der Waals surface area contributed by atoms with Crippen LogP contribution in [0.2, 0.25) is 0 Å². The number of methoxy groups -OCH3 is 1. The Morgan fingerprint density at radius 2 is 1.78 bits per heavy atom. The van der Waals surface area contributed by atoms with Crippen molar-refractivity contribution in [2.24, 2.45) is 0 Å². The summed E-state index contributed by atoms with van der Waals surface area (Å²) in [6, 6.07) is 19.4. The lowest BCUT2D eigenvalue weighted by Gasteiger charge is -2.19. The van der Waals surface area contributed by atoms with E-state index in [9.17, 15) is 9.59 Å². The summed E-state index contributed by atoms with van der Waals surface area (Å²) >= 11 is 1.56. The van der Waals surface area contributed by atoms with E-state index < -0.39 is 5.97 Å². The van der Waals surface area contributed by atoms with Crippen LogP contribution in [0.1, 0.15) is 40.9 Å². The fourth-order valence-corrected chi connectivity index (χ4v) is 5.21. The Balaban J connectivity index is 1.58. The summed E-state index contributed by atoms with van der Waals surface area (Å²) in [7, 11) is 1.34. The van der Waals surface area contributed by atoms with Gasteiger partial charge >= 0.3 is 5.97 Å². The minimum absolute atomic E-state index is 0.234. The molecule has 188 valence electrons. The quantitative estimate of drug-likeness (QED) is 0.227. The second kappa shape index (κ2) is 10.5. The second-order valence-electron chi connectivity index (χ2n) is 8.77. The van der Waals surface area contributed by atoms with Crippen LogP contribution in [0.3, 0.4) is 0 Å². The van der Waals surface area contributed by atoms with Crippen molar-refractivity contribution in [2.45, 2.75) is 20.4 Å². The van der Waals surface area contributed by atoms with Gasteiger partial charge in [0.2, 0.25) is 0 Å². The molecular formula is C29H28N4O3S. The van der Waals surface area contributed by atoms with E-state index in [-0.39, 0.29) is 5.91 Å². The number of fused-ring (bicyclic) bond motifs is 2. The maximum atomic E-state index is 13.3. The van der Waals surface area contributed by atoms with Gasteiger partial charge in [0.1, 0.15) is 0 Å². The van der Waals surface area contributed by atoms with Crippen molar-refractivity contribution < 1.29 is 14.3 Å². The first-order valence-electron chi connectivity index (χ1n) is 12.2. The number of thiazole rings is 1. The van der Waals surface area contributed by atoms with Gasteiger partial charge in [0.25, 0.3) is 5.91 Å². The van der Waals surface area contributed by atoms with Gasteiger partial charge in [0.15, 0.2) is 0 Å². The molecule has 0 saturated carbocycles. The smallest absolute Gasteiger partial charge is 0.337 e. The molecule has 0 fully saturated rings. The lowest BCUT2D eigenvalue weighted by molar-refractivity contribution is -0.110. The third-order valence-electron chi connectivity index (χ3n) is 6.58. The number of carbonyl (C=O) groups is 2. The third-order valence-corrected chi connectivity index (χ3v) is 7.37. The van der Waals surface area contributed by atoms with E-state index in [2.05, 4.69) is 46.5 Å². The van der Waals surface area contributed by atoms with Gasteiger partial charge < -0.3 is 15.4 Å². The van der Waals surface area contributed by atoms with Crippen molar-refractivity contribution in [3.8, 4) is 0 Å². The van der Waals surface area contributed by atoms with Gasteiger partial charge in [-0.25, -0.2) is 9.78 Å². The predicted octanol–water partition coefficient (Wildman–Crippen LogP) is 5.86. The highest BCUT2D eigenvalue weighted by Gasteiger charge is 2.29. The molecule has 0 atom stereocenters. The van der Waals surface area contributed by atoms with E-state index in [1.807, 2.05) is 35.8 Å². The zero-order valence-corrected chi connectivity index (χ0v) is 21.8. The lowest BCUT2D eigenvalue weighted by atomic mass is 9.98. The van der Waals surface area contributed by atoms with Gasteiger partial charge in [-0.05, 0) is 55.1 Å². The molecule has 3 aromatic carbocycles. The minimum Gasteiger partial charge on any atom is -0.465 e. The first-order valence-corrected chi connectivity index (χ1v) is 13.1. The number of carbonyl (C=O) groups excluding carboxylic acids is 2. The van der Waals surface area contributed by atoms with Crippen LogP contribution in [0, 0.1) is 0 Å². The molecule has 2 N–H and O–H groups in total. The van der Waals surface area contributed by atoms with Gasteiger partial charge in [-0.15, -0.1) is 11.3 Å². The van der Waals surface area contributed by atoms with Gasteiger partial charge in [0.05, 0.1) is 45.4 Å². The molecule has 8 heteroatoms. The van der Waals surface area contributed by atoms with Crippen LogP contribution in [-0.4, -0.2) is 42.0 Å². The molecule has 7 nitrogen and oxygen atoms in total. The van der Waals surface area contributed by atoms with Crippen LogP contribution in [0.4, 0.5) is 11.4 Å². The number of rotatable bonds is 8. The van der Waals surface area contributed by atoms with E-state index in [1.165, 1.54) is 12.7 Å². The van der Waals surface area contributed by atoms with Crippen molar-refractivity contribution in [2.75, 3.05) is 30.8 Å². The monoisotopic (exact) mass is 512 g/mol. The first-order chi connectivity index (χ1) is 18.0. The maximum Gasteiger partial charge on any atom is 0.337 e. The zero-order chi connectivity index (χ0) is 25.9. The maximum absolute atomic E-state index is 13.3. The average Bonchev–Trinajstić information content (AvgIpc) is 3.53. The molecule has 0 unspecified atom stereocenters. The van der Waals surface area contributed by atoms with Crippen LogP contribution in [0.15, 0.2) is 66.2 Å². The van der Waals surface area contributed by atoms with Crippen molar-refractivity contribution in [3.05, 3.63) is 88.4 Å². The summed E-state index contributed by atoms with van der Waals surface area (Å²) in [5.41, 5.74) is 8.60. The number of anilines is 2. The Bertz CT molecular complexity index is 1500.